The summed E-state index contributed by atoms with van der Waals surface area (Å²) < 4.78 is 0. The Morgan fingerprint density at radius 2 is 1.56 bits per heavy atom. The van der Waals surface area contributed by atoms with Crippen LogP contribution >= 0.6 is 46.3 Å². The maximum atomic E-state index is 13.6. The second kappa shape index (κ2) is 16.3. The van der Waals surface area contributed by atoms with Crippen molar-refractivity contribution in [3.8, 4) is 17.2 Å². The smallest absolute Gasteiger partial charge is 0.272 e. The van der Waals surface area contributed by atoms with Gasteiger partial charge in [0, 0.05) is 42.7 Å². The highest BCUT2D eigenvalue weighted by atomic mass is 35.5. The summed E-state index contributed by atoms with van der Waals surface area (Å²) in [5.41, 5.74) is 3.22. The summed E-state index contributed by atoms with van der Waals surface area (Å²) in [6.07, 6.45) is 1.95. The van der Waals surface area contributed by atoms with Crippen molar-refractivity contribution in [2.45, 2.75) is 23.5 Å². The van der Waals surface area contributed by atoms with Gasteiger partial charge < -0.3 is 16.0 Å². The lowest BCUT2D eigenvalue weighted by molar-refractivity contribution is -0.116. The molecular formula is C37H28Cl2N4O3S2. The summed E-state index contributed by atoms with van der Waals surface area (Å²) in [7, 11) is 0. The lowest BCUT2D eigenvalue weighted by Crippen LogP contribution is -2.30. The standard InChI is InChI=1S/C37H28Cl2N4O3S2/c1-2-33(36(46)43-37-28(21-40)29(22-47-37)23-11-5-3-6-12-23)48-26-16-9-15-25(19-26)41-35(45)32(20-27-30(38)17-10-18-31(27)39)42-34(44)24-13-7-4-8-14-24/h3-20,22,33H,2H2,1H3,(H,41,45)(H,42,44)(H,43,46)/b32-20+. The maximum Gasteiger partial charge on any atom is 0.272 e. The van der Waals surface area contributed by atoms with Crippen LogP contribution in [-0.4, -0.2) is 23.0 Å². The van der Waals surface area contributed by atoms with Gasteiger partial charge in [0.1, 0.15) is 16.8 Å². The van der Waals surface area contributed by atoms with Crippen molar-refractivity contribution >= 4 is 80.8 Å². The lowest BCUT2D eigenvalue weighted by atomic mass is 10.1. The van der Waals surface area contributed by atoms with E-state index in [1.54, 1.807) is 66.7 Å². The number of nitrogens with one attached hydrogen (secondary N) is 3. The molecule has 1 heterocycles. The Morgan fingerprint density at radius 3 is 2.23 bits per heavy atom. The minimum Gasteiger partial charge on any atom is -0.321 e. The van der Waals surface area contributed by atoms with E-state index >= 15 is 0 Å². The van der Waals surface area contributed by atoms with Crippen molar-refractivity contribution in [3.05, 3.63) is 141 Å². The van der Waals surface area contributed by atoms with Crippen molar-refractivity contribution in [1.82, 2.24) is 5.32 Å². The molecular weight excluding hydrogens is 683 g/mol. The van der Waals surface area contributed by atoms with E-state index in [9.17, 15) is 19.6 Å². The summed E-state index contributed by atoms with van der Waals surface area (Å²) in [6.45, 7) is 1.91. The molecule has 1 aromatic heterocycles. The van der Waals surface area contributed by atoms with Crippen molar-refractivity contribution in [3.63, 3.8) is 0 Å². The van der Waals surface area contributed by atoms with Crippen molar-refractivity contribution in [2.24, 2.45) is 0 Å². The topological polar surface area (TPSA) is 111 Å². The van der Waals surface area contributed by atoms with E-state index in [1.165, 1.54) is 29.2 Å². The second-order valence-electron chi connectivity index (χ2n) is 10.3. The first-order chi connectivity index (χ1) is 23.3. The summed E-state index contributed by atoms with van der Waals surface area (Å²) in [5.74, 6) is -1.32. The molecule has 11 heteroatoms. The monoisotopic (exact) mass is 710 g/mol. The minimum absolute atomic E-state index is 0.0677. The molecule has 48 heavy (non-hydrogen) atoms. The van der Waals surface area contributed by atoms with Gasteiger partial charge in [0.15, 0.2) is 0 Å². The van der Waals surface area contributed by atoms with E-state index in [-0.39, 0.29) is 11.6 Å². The number of rotatable bonds is 11. The zero-order valence-corrected chi connectivity index (χ0v) is 28.6. The largest absolute Gasteiger partial charge is 0.321 e. The van der Waals surface area contributed by atoms with E-state index in [0.29, 0.717) is 43.8 Å². The predicted octanol–water partition coefficient (Wildman–Crippen LogP) is 9.51. The van der Waals surface area contributed by atoms with Gasteiger partial charge in [-0.1, -0.05) is 90.8 Å². The van der Waals surface area contributed by atoms with Crippen LogP contribution in [0.2, 0.25) is 10.0 Å². The van der Waals surface area contributed by atoms with Gasteiger partial charge in [0.25, 0.3) is 11.8 Å². The Bertz CT molecular complexity index is 2010. The number of amides is 3. The van der Waals surface area contributed by atoms with E-state index in [1.807, 2.05) is 48.7 Å². The Kier molecular flexibility index (Phi) is 11.7. The third-order valence-corrected chi connectivity index (χ3v) is 9.99. The lowest BCUT2D eigenvalue weighted by Gasteiger charge is -2.16. The Morgan fingerprint density at radius 1 is 0.896 bits per heavy atom. The number of carbonyl (C=O) groups is 3. The highest BCUT2D eigenvalue weighted by Gasteiger charge is 2.22. The number of halogens is 2. The molecule has 0 aliphatic heterocycles. The number of anilines is 2. The van der Waals surface area contributed by atoms with Gasteiger partial charge in [0.05, 0.1) is 10.8 Å². The molecule has 0 fully saturated rings. The average molecular weight is 712 g/mol. The first kappa shape index (κ1) is 34.5. The van der Waals surface area contributed by atoms with Gasteiger partial charge in [-0.05, 0) is 60.5 Å². The molecule has 1 unspecified atom stereocenters. The molecule has 3 amide bonds. The Labute approximate surface area is 296 Å². The third-order valence-electron chi connectivity index (χ3n) is 7.08. The molecule has 7 nitrogen and oxygen atoms in total. The fourth-order valence-electron chi connectivity index (χ4n) is 4.65. The predicted molar refractivity (Wildman–Crippen MR) is 196 cm³/mol. The molecule has 4 aromatic carbocycles. The van der Waals surface area contributed by atoms with Crippen LogP contribution in [0.5, 0.6) is 0 Å². The number of benzene rings is 4. The van der Waals surface area contributed by atoms with Crippen LogP contribution in [0.4, 0.5) is 10.7 Å². The number of carbonyl (C=O) groups excluding carboxylic acids is 3. The number of nitrogens with zero attached hydrogens (tertiary/aromatic N) is 1. The maximum absolute atomic E-state index is 13.6. The van der Waals surface area contributed by atoms with Gasteiger partial charge in [-0.3, -0.25) is 14.4 Å². The van der Waals surface area contributed by atoms with Crippen LogP contribution in [0.1, 0.15) is 34.8 Å². The fraction of sp³-hybridized carbons (Fsp3) is 0.0811. The van der Waals surface area contributed by atoms with Crippen molar-refractivity contribution in [1.29, 1.82) is 5.26 Å². The van der Waals surface area contributed by atoms with E-state index in [0.717, 1.165) is 16.0 Å². The molecule has 5 rings (SSSR count). The number of hydrogen-bond acceptors (Lipinski definition) is 6. The second-order valence-corrected chi connectivity index (χ2v) is 13.3. The SMILES string of the molecule is CCC(Sc1cccc(NC(=O)/C(=C\c2c(Cl)cccc2Cl)NC(=O)c2ccccc2)c1)C(=O)Nc1scc(-c2ccccc2)c1C#N. The molecule has 5 aromatic rings. The van der Waals surface area contributed by atoms with Crippen LogP contribution in [0, 0.1) is 11.3 Å². The third kappa shape index (κ3) is 8.54. The van der Waals surface area contributed by atoms with Crippen LogP contribution < -0.4 is 16.0 Å². The van der Waals surface area contributed by atoms with Crippen molar-refractivity contribution < 1.29 is 14.4 Å². The summed E-state index contributed by atoms with van der Waals surface area (Å²) in [5, 5.41) is 20.8. The van der Waals surface area contributed by atoms with Crippen LogP contribution in [-0.2, 0) is 9.59 Å². The van der Waals surface area contributed by atoms with Gasteiger partial charge in [0.2, 0.25) is 5.91 Å². The molecule has 1 atom stereocenters. The van der Waals surface area contributed by atoms with E-state index in [4.69, 9.17) is 23.2 Å². The van der Waals surface area contributed by atoms with E-state index in [2.05, 4.69) is 22.0 Å². The number of nitriles is 1. The number of thiophene rings is 1. The molecule has 0 aliphatic rings. The van der Waals surface area contributed by atoms with Gasteiger partial charge >= 0.3 is 0 Å². The zero-order valence-electron chi connectivity index (χ0n) is 25.5. The summed E-state index contributed by atoms with van der Waals surface area (Å²) in [4.78, 5) is 40.8. The minimum atomic E-state index is -0.599. The summed E-state index contributed by atoms with van der Waals surface area (Å²) >= 11 is 15.4. The molecule has 240 valence electrons. The molecule has 0 aliphatic carbocycles. The molecule has 3 N–H and O–H groups in total. The fourth-order valence-corrected chi connectivity index (χ4v) is 7.09. The molecule has 0 spiro atoms. The molecule has 0 saturated heterocycles. The van der Waals surface area contributed by atoms with Gasteiger partial charge in [-0.2, -0.15) is 5.26 Å². The first-order valence-electron chi connectivity index (χ1n) is 14.8. The van der Waals surface area contributed by atoms with Crippen molar-refractivity contribution in [2.75, 3.05) is 10.6 Å². The Hall–Kier alpha value is -4.85. The highest BCUT2D eigenvalue weighted by molar-refractivity contribution is 8.00. The van der Waals surface area contributed by atoms with Crippen LogP contribution in [0.15, 0.2) is 119 Å². The van der Waals surface area contributed by atoms with Crippen LogP contribution in [0.3, 0.4) is 0 Å². The van der Waals surface area contributed by atoms with E-state index < -0.39 is 17.1 Å². The van der Waals surface area contributed by atoms with Crippen LogP contribution in [0.25, 0.3) is 17.2 Å². The zero-order chi connectivity index (χ0) is 34.0. The average Bonchev–Trinajstić information content (AvgIpc) is 3.51. The highest BCUT2D eigenvalue weighted by Crippen LogP contribution is 2.36. The molecule has 0 saturated carbocycles. The van der Waals surface area contributed by atoms with Gasteiger partial charge in [-0.25, -0.2) is 0 Å². The summed E-state index contributed by atoms with van der Waals surface area (Å²) in [6, 6.07) is 32.3. The molecule has 0 bridgehead atoms. The number of hydrogen-bond donors (Lipinski definition) is 3. The van der Waals surface area contributed by atoms with Gasteiger partial charge in [-0.15, -0.1) is 23.1 Å². The molecule has 0 radical (unpaired) electrons. The normalized spacial score (nSPS) is 11.7. The number of thioether (sulfide) groups is 1. The first-order valence-corrected chi connectivity index (χ1v) is 17.3. The quantitative estimate of drug-likeness (QED) is 0.0934. The Balaban J connectivity index is 1.32.